The summed E-state index contributed by atoms with van der Waals surface area (Å²) >= 11 is 6.07. The minimum absolute atomic E-state index is 0. The molecule has 0 saturated carbocycles. The molecule has 0 radical (unpaired) electrons. The van der Waals surface area contributed by atoms with Gasteiger partial charge in [0.25, 0.3) is 0 Å². The Balaban J connectivity index is 0.00000162. The summed E-state index contributed by atoms with van der Waals surface area (Å²) < 4.78 is 5.23. The third-order valence-electron chi connectivity index (χ3n) is 2.63. The van der Waals surface area contributed by atoms with E-state index in [9.17, 15) is 0 Å². The third kappa shape index (κ3) is 2.83. The van der Waals surface area contributed by atoms with Crippen LogP contribution in [-0.4, -0.2) is 16.7 Å². The lowest BCUT2D eigenvalue weighted by atomic mass is 9.94. The van der Waals surface area contributed by atoms with Crippen molar-refractivity contribution in [1.29, 1.82) is 0 Å². The second kappa shape index (κ2) is 5.69. The highest BCUT2D eigenvalue weighted by Gasteiger charge is 2.26. The van der Waals surface area contributed by atoms with Crippen LogP contribution in [0.15, 0.2) is 28.8 Å². The molecule has 0 spiro atoms. The number of rotatable bonds is 3. The summed E-state index contributed by atoms with van der Waals surface area (Å²) in [7, 11) is 0. The maximum absolute atomic E-state index is 6.07. The molecule has 6 heteroatoms. The number of hydrogen-bond acceptors (Lipinski definition) is 4. The summed E-state index contributed by atoms with van der Waals surface area (Å²) in [6.07, 6.45) is 0. The minimum Gasteiger partial charge on any atom is -0.338 e. The number of nitrogens with two attached hydrogens (primary N) is 1. The first-order chi connectivity index (χ1) is 8.04. The van der Waals surface area contributed by atoms with Gasteiger partial charge in [0.1, 0.15) is 0 Å². The van der Waals surface area contributed by atoms with Crippen molar-refractivity contribution in [2.75, 3.05) is 6.54 Å². The molecule has 0 aliphatic rings. The molecule has 2 rings (SSSR count). The van der Waals surface area contributed by atoms with E-state index in [4.69, 9.17) is 21.9 Å². The largest absolute Gasteiger partial charge is 0.338 e. The molecule has 4 nitrogen and oxygen atoms in total. The number of hydrogen-bond donors (Lipinski definition) is 1. The minimum atomic E-state index is -0.327. The van der Waals surface area contributed by atoms with Gasteiger partial charge in [-0.25, -0.2) is 0 Å². The molecule has 0 unspecified atom stereocenters. The summed E-state index contributed by atoms with van der Waals surface area (Å²) in [6.45, 7) is 4.35. The first-order valence-corrected chi connectivity index (χ1v) is 5.71. The summed E-state index contributed by atoms with van der Waals surface area (Å²) in [5.41, 5.74) is 6.10. The van der Waals surface area contributed by atoms with Crippen LogP contribution in [-0.2, 0) is 5.41 Å². The highest BCUT2D eigenvalue weighted by molar-refractivity contribution is 6.33. The van der Waals surface area contributed by atoms with Gasteiger partial charge in [-0.05, 0) is 26.0 Å². The lowest BCUT2D eigenvalue weighted by Gasteiger charge is -2.15. The first-order valence-electron chi connectivity index (χ1n) is 5.34. The van der Waals surface area contributed by atoms with E-state index in [0.717, 1.165) is 5.56 Å². The van der Waals surface area contributed by atoms with Crippen LogP contribution in [0.1, 0.15) is 19.7 Å². The molecule has 1 aromatic carbocycles. The van der Waals surface area contributed by atoms with E-state index in [1.165, 1.54) is 0 Å². The summed E-state index contributed by atoms with van der Waals surface area (Å²) in [5.74, 6) is 1.02. The lowest BCUT2D eigenvalue weighted by Crippen LogP contribution is -2.28. The predicted octanol–water partition coefficient (Wildman–Crippen LogP) is 3.05. The van der Waals surface area contributed by atoms with Gasteiger partial charge < -0.3 is 10.3 Å². The van der Waals surface area contributed by atoms with Crippen LogP contribution >= 0.6 is 24.0 Å². The Morgan fingerprint density at radius 3 is 2.61 bits per heavy atom. The SMILES string of the molecule is CC(C)(CN)c1nc(-c2ccccc2Cl)no1.Cl. The van der Waals surface area contributed by atoms with Crippen LogP contribution < -0.4 is 5.73 Å². The number of halogens is 2. The molecular weight excluding hydrogens is 273 g/mol. The van der Waals surface area contributed by atoms with Crippen molar-refractivity contribution in [3.63, 3.8) is 0 Å². The van der Waals surface area contributed by atoms with Crippen LogP contribution in [0.4, 0.5) is 0 Å². The van der Waals surface area contributed by atoms with Crippen molar-refractivity contribution in [3.05, 3.63) is 35.2 Å². The van der Waals surface area contributed by atoms with Crippen molar-refractivity contribution in [1.82, 2.24) is 10.1 Å². The van der Waals surface area contributed by atoms with Crippen molar-refractivity contribution >= 4 is 24.0 Å². The molecule has 0 aliphatic carbocycles. The van der Waals surface area contributed by atoms with Crippen LogP contribution in [0.5, 0.6) is 0 Å². The molecule has 18 heavy (non-hydrogen) atoms. The maximum Gasteiger partial charge on any atom is 0.233 e. The van der Waals surface area contributed by atoms with Crippen LogP contribution in [0.2, 0.25) is 5.02 Å². The number of aromatic nitrogens is 2. The van der Waals surface area contributed by atoms with E-state index in [1.807, 2.05) is 32.0 Å². The zero-order chi connectivity index (χ0) is 12.5. The van der Waals surface area contributed by atoms with Crippen LogP contribution in [0.25, 0.3) is 11.4 Å². The van der Waals surface area contributed by atoms with Crippen molar-refractivity contribution in [2.24, 2.45) is 5.73 Å². The predicted molar refractivity (Wildman–Crippen MR) is 74.1 cm³/mol. The topological polar surface area (TPSA) is 64.9 Å². The van der Waals surface area contributed by atoms with E-state index < -0.39 is 0 Å². The van der Waals surface area contributed by atoms with E-state index in [2.05, 4.69) is 10.1 Å². The Morgan fingerprint density at radius 2 is 2.00 bits per heavy atom. The zero-order valence-electron chi connectivity index (χ0n) is 10.2. The fourth-order valence-corrected chi connectivity index (χ4v) is 1.56. The zero-order valence-corrected chi connectivity index (χ0v) is 11.8. The second-order valence-corrected chi connectivity index (χ2v) is 4.90. The third-order valence-corrected chi connectivity index (χ3v) is 2.96. The first kappa shape index (κ1) is 15.0. The molecule has 0 amide bonds. The summed E-state index contributed by atoms with van der Waals surface area (Å²) in [4.78, 5) is 4.34. The van der Waals surface area contributed by atoms with Crippen LogP contribution in [0.3, 0.4) is 0 Å². The molecule has 1 aromatic heterocycles. The average molecular weight is 288 g/mol. The Morgan fingerprint density at radius 1 is 1.33 bits per heavy atom. The van der Waals surface area contributed by atoms with Gasteiger partial charge in [-0.1, -0.05) is 28.9 Å². The fourth-order valence-electron chi connectivity index (χ4n) is 1.34. The van der Waals surface area contributed by atoms with Gasteiger partial charge in [0.05, 0.1) is 10.4 Å². The fraction of sp³-hybridized carbons (Fsp3) is 0.333. The normalized spacial score (nSPS) is 11.1. The molecule has 2 N–H and O–H groups in total. The van der Waals surface area contributed by atoms with Gasteiger partial charge in [0, 0.05) is 12.1 Å². The second-order valence-electron chi connectivity index (χ2n) is 4.49. The smallest absolute Gasteiger partial charge is 0.233 e. The maximum atomic E-state index is 6.07. The number of benzene rings is 1. The molecule has 98 valence electrons. The molecule has 1 heterocycles. The summed E-state index contributed by atoms with van der Waals surface area (Å²) in [5, 5.41) is 4.54. The van der Waals surface area contributed by atoms with E-state index >= 15 is 0 Å². The number of nitrogens with zero attached hydrogens (tertiary/aromatic N) is 2. The Labute approximate surface area is 117 Å². The van der Waals surface area contributed by atoms with Gasteiger partial charge in [-0.2, -0.15) is 4.98 Å². The molecule has 0 fully saturated rings. The van der Waals surface area contributed by atoms with E-state index in [1.54, 1.807) is 6.07 Å². The van der Waals surface area contributed by atoms with Crippen molar-refractivity contribution in [2.45, 2.75) is 19.3 Å². The van der Waals surface area contributed by atoms with Crippen molar-refractivity contribution < 1.29 is 4.52 Å². The molecule has 0 atom stereocenters. The van der Waals surface area contributed by atoms with Gasteiger partial charge >= 0.3 is 0 Å². The van der Waals surface area contributed by atoms with Gasteiger partial charge in [0.2, 0.25) is 11.7 Å². The molecular formula is C12H15Cl2N3O. The molecule has 0 aliphatic heterocycles. The van der Waals surface area contributed by atoms with Crippen molar-refractivity contribution in [3.8, 4) is 11.4 Å². The van der Waals surface area contributed by atoms with Gasteiger partial charge in [-0.15, -0.1) is 12.4 Å². The van der Waals surface area contributed by atoms with E-state index in [0.29, 0.717) is 23.3 Å². The monoisotopic (exact) mass is 287 g/mol. The van der Waals surface area contributed by atoms with Gasteiger partial charge in [0.15, 0.2) is 0 Å². The highest BCUT2D eigenvalue weighted by atomic mass is 35.5. The van der Waals surface area contributed by atoms with Gasteiger partial charge in [-0.3, -0.25) is 0 Å². The van der Waals surface area contributed by atoms with E-state index in [-0.39, 0.29) is 17.8 Å². The van der Waals surface area contributed by atoms with Crippen LogP contribution in [0, 0.1) is 0 Å². The molecule has 0 bridgehead atoms. The lowest BCUT2D eigenvalue weighted by molar-refractivity contribution is 0.311. The quantitative estimate of drug-likeness (QED) is 0.942. The molecule has 0 saturated heterocycles. The Hall–Kier alpha value is -1.10. The Kier molecular flexibility index (Phi) is 4.73. The average Bonchev–Trinajstić information content (AvgIpc) is 2.79. The highest BCUT2D eigenvalue weighted by Crippen LogP contribution is 2.27. The standard InChI is InChI=1S/C12H14ClN3O.ClH/c1-12(2,7-14)11-15-10(16-17-11)8-5-3-4-6-9(8)13;/h3-6H,7,14H2,1-2H3;1H. The summed E-state index contributed by atoms with van der Waals surface area (Å²) in [6, 6.07) is 7.38. The molecule has 2 aromatic rings. The Bertz CT molecular complexity index is 526.